The molecule has 3 aromatic rings. The van der Waals surface area contributed by atoms with Crippen LogP contribution < -0.4 is 15.5 Å². The molecule has 0 saturated heterocycles. The van der Waals surface area contributed by atoms with Gasteiger partial charge < -0.3 is 15.5 Å². The first-order valence-electron chi connectivity index (χ1n) is 9.66. The highest BCUT2D eigenvalue weighted by Crippen LogP contribution is 2.27. The molecule has 1 aromatic carbocycles. The van der Waals surface area contributed by atoms with Crippen molar-refractivity contribution in [3.8, 4) is 0 Å². The van der Waals surface area contributed by atoms with Crippen molar-refractivity contribution in [2.45, 2.75) is 20.3 Å². The van der Waals surface area contributed by atoms with E-state index in [4.69, 9.17) is 23.2 Å². The summed E-state index contributed by atoms with van der Waals surface area (Å²) in [5.74, 6) is -0.619. The summed E-state index contributed by atoms with van der Waals surface area (Å²) in [6.07, 6.45) is 2.75. The molecule has 2 aromatic heterocycles. The van der Waals surface area contributed by atoms with E-state index in [1.807, 2.05) is 6.07 Å². The van der Waals surface area contributed by atoms with Crippen molar-refractivity contribution < 1.29 is 9.59 Å². The van der Waals surface area contributed by atoms with Crippen molar-refractivity contribution >= 4 is 63.7 Å². The Morgan fingerprint density at radius 2 is 1.81 bits per heavy atom. The third-order valence-corrected chi connectivity index (χ3v) is 5.71. The molecule has 0 aliphatic heterocycles. The molecule has 31 heavy (non-hydrogen) atoms. The number of hydrogen-bond donors (Lipinski definition) is 2. The van der Waals surface area contributed by atoms with Crippen LogP contribution in [-0.4, -0.2) is 34.3 Å². The monoisotopic (exact) mass is 477 g/mol. The lowest BCUT2D eigenvalue weighted by Gasteiger charge is -2.22. The van der Waals surface area contributed by atoms with Crippen molar-refractivity contribution in [2.75, 3.05) is 28.6 Å². The largest absolute Gasteiger partial charge is 0.371 e. The number of pyridine rings is 1. The molecule has 3 rings (SSSR count). The summed E-state index contributed by atoms with van der Waals surface area (Å²) in [6, 6.07) is 8.42. The molecule has 0 fully saturated rings. The zero-order valence-corrected chi connectivity index (χ0v) is 19.3. The van der Waals surface area contributed by atoms with Gasteiger partial charge in [-0.25, -0.2) is 4.98 Å². The average molecular weight is 478 g/mol. The van der Waals surface area contributed by atoms with E-state index in [9.17, 15) is 9.59 Å². The third-order valence-electron chi connectivity index (χ3n) is 4.45. The third kappa shape index (κ3) is 5.52. The molecule has 0 radical (unpaired) electrons. The summed E-state index contributed by atoms with van der Waals surface area (Å²) in [5, 5.41) is 7.36. The van der Waals surface area contributed by atoms with Gasteiger partial charge in [0.2, 0.25) is 0 Å². The molecule has 2 heterocycles. The first-order valence-corrected chi connectivity index (χ1v) is 11.3. The van der Waals surface area contributed by atoms with E-state index in [1.165, 1.54) is 0 Å². The van der Waals surface area contributed by atoms with Crippen molar-refractivity contribution in [3.63, 3.8) is 0 Å². The number of carbonyl (C=O) groups is 2. The van der Waals surface area contributed by atoms with Gasteiger partial charge in [-0.05, 0) is 49.1 Å². The predicted octanol–water partition coefficient (Wildman–Crippen LogP) is 5.59. The second-order valence-corrected chi connectivity index (χ2v) is 8.01. The fourth-order valence-corrected chi connectivity index (χ4v) is 4.14. The number of carbonyl (C=O) groups excluding carboxylic acids is 2. The molecule has 0 aliphatic rings. The number of amides is 2. The van der Waals surface area contributed by atoms with Crippen molar-refractivity contribution in [1.82, 2.24) is 9.36 Å². The van der Waals surface area contributed by atoms with E-state index in [2.05, 4.69) is 38.7 Å². The second-order valence-electron chi connectivity index (χ2n) is 6.56. The molecular weight excluding hydrogens is 457 g/mol. The molecule has 10 heteroatoms. The van der Waals surface area contributed by atoms with E-state index in [-0.39, 0.29) is 27.0 Å². The summed E-state index contributed by atoms with van der Waals surface area (Å²) < 4.78 is 4.10. The molecule has 0 aliphatic carbocycles. The van der Waals surface area contributed by atoms with Gasteiger partial charge in [-0.2, -0.15) is 4.37 Å². The van der Waals surface area contributed by atoms with Crippen LogP contribution in [-0.2, 0) is 0 Å². The average Bonchev–Trinajstić information content (AvgIpc) is 3.21. The highest BCUT2D eigenvalue weighted by Gasteiger charge is 2.20. The van der Waals surface area contributed by atoms with Crippen molar-refractivity contribution in [3.05, 3.63) is 63.2 Å². The lowest BCUT2D eigenvalue weighted by atomic mass is 10.2. The van der Waals surface area contributed by atoms with E-state index in [0.29, 0.717) is 5.82 Å². The first-order chi connectivity index (χ1) is 14.9. The number of rotatable bonds is 8. The number of benzene rings is 1. The van der Waals surface area contributed by atoms with Crippen LogP contribution in [0, 0.1) is 0 Å². The molecule has 0 spiro atoms. The second kappa shape index (κ2) is 10.6. The fraction of sp³-hybridized carbons (Fsp3) is 0.238. The number of hydrogen-bond acceptors (Lipinski definition) is 6. The maximum absolute atomic E-state index is 12.7. The number of nitrogens with one attached hydrogen (secondary N) is 2. The zero-order chi connectivity index (χ0) is 22.4. The maximum atomic E-state index is 12.7. The Morgan fingerprint density at radius 1 is 1.06 bits per heavy atom. The Balaban J connectivity index is 1.72. The number of nitrogens with zero attached hydrogens (tertiary/aromatic N) is 3. The van der Waals surface area contributed by atoms with Gasteiger partial charge in [-0.1, -0.05) is 36.2 Å². The van der Waals surface area contributed by atoms with Crippen molar-refractivity contribution in [1.29, 1.82) is 0 Å². The van der Waals surface area contributed by atoms with Crippen LogP contribution in [0.5, 0.6) is 0 Å². The van der Waals surface area contributed by atoms with Crippen LogP contribution >= 0.6 is 34.7 Å². The van der Waals surface area contributed by atoms with Crippen molar-refractivity contribution in [2.24, 2.45) is 0 Å². The summed E-state index contributed by atoms with van der Waals surface area (Å²) in [5.41, 5.74) is 1.46. The van der Waals surface area contributed by atoms with Gasteiger partial charge in [0.25, 0.3) is 11.8 Å². The van der Waals surface area contributed by atoms with Gasteiger partial charge in [0, 0.05) is 18.5 Å². The SMILES string of the molecule is CCCN(CC)c1ccc(NC(=O)c2nscc2NC(=O)c2c(Cl)cccc2Cl)nc1. The lowest BCUT2D eigenvalue weighted by molar-refractivity contribution is 0.102. The smallest absolute Gasteiger partial charge is 0.278 e. The molecule has 7 nitrogen and oxygen atoms in total. The number of halogens is 2. The van der Waals surface area contributed by atoms with Crippen LogP contribution in [0.3, 0.4) is 0 Å². The summed E-state index contributed by atoms with van der Waals surface area (Å²) in [7, 11) is 0. The summed E-state index contributed by atoms with van der Waals surface area (Å²) >= 11 is 13.2. The Kier molecular flexibility index (Phi) is 7.84. The molecule has 0 atom stereocenters. The van der Waals surface area contributed by atoms with E-state index in [1.54, 1.807) is 35.8 Å². The Hall–Kier alpha value is -2.68. The van der Waals surface area contributed by atoms with Crippen LogP contribution in [0.1, 0.15) is 41.1 Å². The normalized spacial score (nSPS) is 10.6. The number of anilines is 3. The van der Waals surface area contributed by atoms with E-state index < -0.39 is 11.8 Å². The molecule has 0 bridgehead atoms. The molecule has 2 amide bonds. The maximum Gasteiger partial charge on any atom is 0.278 e. The Bertz CT molecular complexity index is 1050. The van der Waals surface area contributed by atoms with Gasteiger partial charge in [-0.3, -0.25) is 9.59 Å². The van der Waals surface area contributed by atoms with Gasteiger partial charge >= 0.3 is 0 Å². The zero-order valence-electron chi connectivity index (χ0n) is 17.0. The Labute approximate surface area is 194 Å². The van der Waals surface area contributed by atoms with Gasteiger partial charge in [0.05, 0.1) is 33.2 Å². The highest BCUT2D eigenvalue weighted by atomic mass is 35.5. The molecule has 0 saturated carbocycles. The van der Waals surface area contributed by atoms with Crippen LogP contribution in [0.25, 0.3) is 0 Å². The quantitative estimate of drug-likeness (QED) is 0.441. The van der Waals surface area contributed by atoms with Gasteiger partial charge in [0.1, 0.15) is 5.82 Å². The van der Waals surface area contributed by atoms with E-state index >= 15 is 0 Å². The minimum absolute atomic E-state index is 0.0774. The first kappa shape index (κ1) is 23.0. The van der Waals surface area contributed by atoms with Crippen LogP contribution in [0.4, 0.5) is 17.2 Å². The standard InChI is InChI=1S/C21H21Cl2N5O2S/c1-3-10-28(4-2)13-8-9-17(24-11-13)26-21(30)19-16(12-31-27-19)25-20(29)18-14(22)6-5-7-15(18)23/h5-9,11-12H,3-4,10H2,1-2H3,(H,25,29)(H,24,26,30). The number of aromatic nitrogens is 2. The molecule has 2 N–H and O–H groups in total. The molecule has 0 unspecified atom stereocenters. The Morgan fingerprint density at radius 3 is 2.42 bits per heavy atom. The predicted molar refractivity (Wildman–Crippen MR) is 127 cm³/mol. The van der Waals surface area contributed by atoms with Gasteiger partial charge in [-0.15, -0.1) is 0 Å². The molecular formula is C21H21Cl2N5O2S. The topological polar surface area (TPSA) is 87.2 Å². The summed E-state index contributed by atoms with van der Waals surface area (Å²) in [4.78, 5) is 31.8. The fourth-order valence-electron chi connectivity index (χ4n) is 2.95. The van der Waals surface area contributed by atoms with Crippen LogP contribution in [0.2, 0.25) is 10.0 Å². The lowest BCUT2D eigenvalue weighted by Crippen LogP contribution is -2.23. The van der Waals surface area contributed by atoms with Crippen LogP contribution in [0.15, 0.2) is 41.9 Å². The van der Waals surface area contributed by atoms with Gasteiger partial charge in [0.15, 0.2) is 5.69 Å². The summed E-state index contributed by atoms with van der Waals surface area (Å²) in [6.45, 7) is 6.01. The minimum Gasteiger partial charge on any atom is -0.371 e. The van der Waals surface area contributed by atoms with E-state index in [0.717, 1.165) is 36.7 Å². The highest BCUT2D eigenvalue weighted by molar-refractivity contribution is 7.04. The molecule has 162 valence electrons. The minimum atomic E-state index is -0.525.